The van der Waals surface area contributed by atoms with Crippen molar-refractivity contribution in [1.29, 1.82) is 0 Å². The number of hydrogen-bond acceptors (Lipinski definition) is 6. The van der Waals surface area contributed by atoms with Crippen molar-refractivity contribution in [3.05, 3.63) is 44.7 Å². The second-order valence-corrected chi connectivity index (χ2v) is 3.97. The molecule has 6 heteroatoms. The lowest BCUT2D eigenvalue weighted by Crippen LogP contribution is -2.36. The van der Waals surface area contributed by atoms with Crippen molar-refractivity contribution >= 4 is 22.7 Å². The van der Waals surface area contributed by atoms with Crippen molar-refractivity contribution in [1.82, 2.24) is 0 Å². The first kappa shape index (κ1) is 12.1. The second kappa shape index (κ2) is 4.50. The number of rotatable bonds is 4. The summed E-state index contributed by atoms with van der Waals surface area (Å²) >= 11 is 0. The lowest BCUT2D eigenvalue weighted by Gasteiger charge is -2.13. The molecule has 0 saturated carbocycles. The molecule has 0 aliphatic rings. The smallest absolute Gasteiger partial charge is 0.253 e. The molecule has 5 N–H and O–H groups in total. The van der Waals surface area contributed by atoms with E-state index in [0.29, 0.717) is 11.4 Å². The Kier molecular flexibility index (Phi) is 3.03. The Labute approximate surface area is 103 Å². The Balaban J connectivity index is 2.20. The molecule has 0 spiro atoms. The lowest BCUT2D eigenvalue weighted by molar-refractivity contribution is 0.224. The Hall–Kier alpha value is -2.34. The molecule has 0 fully saturated rings. The summed E-state index contributed by atoms with van der Waals surface area (Å²) in [6, 6.07) is 6.94. The zero-order valence-electron chi connectivity index (χ0n) is 9.73. The third kappa shape index (κ3) is 2.18. The highest BCUT2D eigenvalue weighted by atomic mass is 16.3. The summed E-state index contributed by atoms with van der Waals surface area (Å²) in [5, 5.41) is 14.8. The number of nitrogens with one attached hydrogen (secondary N) is 2. The molecule has 94 valence electrons. The van der Waals surface area contributed by atoms with Crippen LogP contribution in [-0.4, -0.2) is 11.3 Å². The molecule has 0 heterocycles. The molecule has 0 bridgehead atoms. The summed E-state index contributed by atoms with van der Waals surface area (Å²) in [6.07, 6.45) is -0.684. The standard InChI is InChI=1S/C12H13N3O3/c1-6(16)14-7-3-2-4-8(5-7)15-10-9(13)11(17)12(10)18/h2-6,14-16H,13H2,1H3. The van der Waals surface area contributed by atoms with Gasteiger partial charge in [0.15, 0.2) is 0 Å². The monoisotopic (exact) mass is 247 g/mol. The minimum Gasteiger partial charge on any atom is -0.394 e. The fourth-order valence-electron chi connectivity index (χ4n) is 1.61. The number of nitrogens with two attached hydrogens (primary N) is 1. The summed E-state index contributed by atoms with van der Waals surface area (Å²) in [7, 11) is 0. The molecule has 18 heavy (non-hydrogen) atoms. The molecule has 0 aliphatic heterocycles. The number of aliphatic hydroxyl groups is 1. The average molecular weight is 247 g/mol. The highest BCUT2D eigenvalue weighted by Crippen LogP contribution is 2.21. The molecule has 1 atom stereocenters. The molecule has 0 amide bonds. The predicted octanol–water partition coefficient (Wildman–Crippen LogP) is 0.359. The number of benzene rings is 1. The normalized spacial score (nSPS) is 12.3. The summed E-state index contributed by atoms with van der Waals surface area (Å²) in [5.74, 6) is 0. The van der Waals surface area contributed by atoms with Gasteiger partial charge in [0.2, 0.25) is 0 Å². The summed E-state index contributed by atoms with van der Waals surface area (Å²) in [5.41, 5.74) is 5.52. The van der Waals surface area contributed by atoms with Crippen molar-refractivity contribution in [2.75, 3.05) is 16.4 Å². The van der Waals surface area contributed by atoms with Gasteiger partial charge in [0.25, 0.3) is 10.9 Å². The molecule has 6 nitrogen and oxygen atoms in total. The van der Waals surface area contributed by atoms with Gasteiger partial charge in [0, 0.05) is 11.4 Å². The maximum absolute atomic E-state index is 11.2. The Morgan fingerprint density at radius 3 is 2.50 bits per heavy atom. The topological polar surface area (TPSA) is 104 Å². The Morgan fingerprint density at radius 1 is 1.22 bits per heavy atom. The molecular formula is C12H13N3O3. The van der Waals surface area contributed by atoms with Gasteiger partial charge in [-0.3, -0.25) is 9.59 Å². The number of nitrogen functional groups attached to an aromatic ring is 1. The van der Waals surface area contributed by atoms with Crippen molar-refractivity contribution in [2.45, 2.75) is 13.2 Å². The van der Waals surface area contributed by atoms with Gasteiger partial charge in [0.1, 0.15) is 17.6 Å². The first-order valence-electron chi connectivity index (χ1n) is 5.39. The zero-order chi connectivity index (χ0) is 13.3. The van der Waals surface area contributed by atoms with Gasteiger partial charge in [-0.15, -0.1) is 0 Å². The maximum atomic E-state index is 11.2. The van der Waals surface area contributed by atoms with E-state index in [1.165, 1.54) is 0 Å². The van der Waals surface area contributed by atoms with Crippen LogP contribution in [0.25, 0.3) is 0 Å². The van der Waals surface area contributed by atoms with Crippen LogP contribution in [0.2, 0.25) is 0 Å². The fourth-order valence-corrected chi connectivity index (χ4v) is 1.61. The van der Waals surface area contributed by atoms with E-state index in [9.17, 15) is 14.7 Å². The van der Waals surface area contributed by atoms with Crippen LogP contribution in [0.5, 0.6) is 0 Å². The van der Waals surface area contributed by atoms with Crippen molar-refractivity contribution in [3.8, 4) is 0 Å². The van der Waals surface area contributed by atoms with Crippen molar-refractivity contribution in [3.63, 3.8) is 0 Å². The van der Waals surface area contributed by atoms with Crippen LogP contribution in [0.4, 0.5) is 22.7 Å². The number of anilines is 4. The molecule has 2 aromatic carbocycles. The fraction of sp³-hybridized carbons (Fsp3) is 0.167. The SMILES string of the molecule is CC(O)Nc1cccc(Nc2c(N)c(=O)c2=O)c1. The zero-order valence-corrected chi connectivity index (χ0v) is 9.73. The van der Waals surface area contributed by atoms with E-state index in [4.69, 9.17) is 5.73 Å². The minimum atomic E-state index is -0.684. The molecule has 0 aliphatic carbocycles. The molecule has 2 rings (SSSR count). The van der Waals surface area contributed by atoms with E-state index < -0.39 is 17.1 Å². The minimum absolute atomic E-state index is 0.0473. The number of hydrogen-bond donors (Lipinski definition) is 4. The van der Waals surface area contributed by atoms with E-state index in [-0.39, 0.29) is 11.4 Å². The third-order valence-electron chi connectivity index (χ3n) is 2.45. The van der Waals surface area contributed by atoms with Crippen molar-refractivity contribution < 1.29 is 5.11 Å². The van der Waals surface area contributed by atoms with E-state index >= 15 is 0 Å². The first-order valence-corrected chi connectivity index (χ1v) is 5.39. The molecule has 0 radical (unpaired) electrons. The van der Waals surface area contributed by atoms with Crippen LogP contribution < -0.4 is 27.2 Å². The average Bonchev–Trinajstić information content (AvgIpc) is 2.34. The van der Waals surface area contributed by atoms with Gasteiger partial charge in [-0.05, 0) is 25.1 Å². The van der Waals surface area contributed by atoms with Crippen molar-refractivity contribution in [2.24, 2.45) is 0 Å². The Morgan fingerprint density at radius 2 is 1.89 bits per heavy atom. The quantitative estimate of drug-likeness (QED) is 0.459. The third-order valence-corrected chi connectivity index (χ3v) is 2.45. The largest absolute Gasteiger partial charge is 0.394 e. The van der Waals surface area contributed by atoms with E-state index in [1.54, 1.807) is 31.2 Å². The maximum Gasteiger partial charge on any atom is 0.253 e. The van der Waals surface area contributed by atoms with E-state index in [1.807, 2.05) is 0 Å². The lowest BCUT2D eigenvalue weighted by atomic mass is 10.2. The van der Waals surface area contributed by atoms with Crippen LogP contribution in [0.1, 0.15) is 6.92 Å². The molecular weight excluding hydrogens is 234 g/mol. The van der Waals surface area contributed by atoms with Gasteiger partial charge in [0.05, 0.1) is 0 Å². The molecule has 0 aromatic heterocycles. The number of aliphatic hydroxyl groups excluding tert-OH is 1. The highest BCUT2D eigenvalue weighted by molar-refractivity contribution is 5.77. The summed E-state index contributed by atoms with van der Waals surface area (Å²) in [4.78, 5) is 22.2. The van der Waals surface area contributed by atoms with Gasteiger partial charge in [-0.25, -0.2) is 0 Å². The predicted molar refractivity (Wildman–Crippen MR) is 70.8 cm³/mol. The van der Waals surface area contributed by atoms with Gasteiger partial charge >= 0.3 is 0 Å². The van der Waals surface area contributed by atoms with Gasteiger partial charge < -0.3 is 21.5 Å². The van der Waals surface area contributed by atoms with Crippen LogP contribution in [-0.2, 0) is 0 Å². The first-order chi connectivity index (χ1) is 8.49. The van der Waals surface area contributed by atoms with Crippen LogP contribution in [0.3, 0.4) is 0 Å². The van der Waals surface area contributed by atoms with Crippen LogP contribution in [0.15, 0.2) is 33.9 Å². The second-order valence-electron chi connectivity index (χ2n) is 3.97. The van der Waals surface area contributed by atoms with E-state index in [0.717, 1.165) is 0 Å². The molecule has 2 aromatic rings. The summed E-state index contributed by atoms with van der Waals surface area (Å²) in [6.45, 7) is 1.59. The molecule has 0 saturated heterocycles. The Bertz CT molecular complexity index is 642. The van der Waals surface area contributed by atoms with Crippen LogP contribution >= 0.6 is 0 Å². The van der Waals surface area contributed by atoms with E-state index in [2.05, 4.69) is 10.6 Å². The molecule has 1 unspecified atom stereocenters. The summed E-state index contributed by atoms with van der Waals surface area (Å²) < 4.78 is 0. The highest BCUT2D eigenvalue weighted by Gasteiger charge is 2.17. The van der Waals surface area contributed by atoms with Gasteiger partial charge in [-0.1, -0.05) is 6.07 Å². The van der Waals surface area contributed by atoms with Crippen LogP contribution in [0, 0.1) is 0 Å². The van der Waals surface area contributed by atoms with Gasteiger partial charge in [-0.2, -0.15) is 0 Å².